The van der Waals surface area contributed by atoms with E-state index >= 15 is 0 Å². The van der Waals surface area contributed by atoms with Gasteiger partial charge in [-0.2, -0.15) is 0 Å². The maximum absolute atomic E-state index is 6.13. The summed E-state index contributed by atoms with van der Waals surface area (Å²) >= 11 is 3.57. The summed E-state index contributed by atoms with van der Waals surface area (Å²) in [6.07, 6.45) is 5.75. The molecule has 1 fully saturated rings. The van der Waals surface area contributed by atoms with Gasteiger partial charge < -0.3 is 14.5 Å². The number of rotatable bonds is 7. The minimum absolute atomic E-state index is 0.123. The highest BCUT2D eigenvalue weighted by atomic mass is 79.9. The lowest BCUT2D eigenvalue weighted by molar-refractivity contribution is 0.0830. The second kappa shape index (κ2) is 9.90. The second-order valence-electron chi connectivity index (χ2n) is 6.83. The van der Waals surface area contributed by atoms with E-state index in [4.69, 9.17) is 9.57 Å². The molecule has 0 saturated heterocycles. The van der Waals surface area contributed by atoms with Gasteiger partial charge in [-0.25, -0.2) is 9.98 Å². The highest BCUT2D eigenvalue weighted by Crippen LogP contribution is 2.32. The van der Waals surface area contributed by atoms with Gasteiger partial charge in [-0.05, 0) is 75.4 Å². The number of aromatic nitrogens is 1. The molecule has 26 heavy (non-hydrogen) atoms. The summed E-state index contributed by atoms with van der Waals surface area (Å²) in [5, 5.41) is 4.23. The number of nitrogens with zero attached hydrogens (tertiary/aromatic N) is 4. The number of aliphatic imine (C=N–C) groups is 1. The third-order valence-corrected chi connectivity index (χ3v) is 4.75. The first-order valence-corrected chi connectivity index (χ1v) is 9.98. The van der Waals surface area contributed by atoms with Crippen molar-refractivity contribution in [3.05, 3.63) is 16.2 Å². The topological polar surface area (TPSA) is 59.3 Å². The summed E-state index contributed by atoms with van der Waals surface area (Å²) in [7, 11) is 1.99. The quantitative estimate of drug-likeness (QED) is 0.355. The predicted octanol–water partition coefficient (Wildman–Crippen LogP) is 4.87. The van der Waals surface area contributed by atoms with Crippen molar-refractivity contribution in [2.24, 2.45) is 10.1 Å². The second-order valence-corrected chi connectivity index (χ2v) is 7.68. The molecule has 1 heterocycles. The Morgan fingerprint density at radius 3 is 2.69 bits per heavy atom. The Labute approximate surface area is 164 Å². The third kappa shape index (κ3) is 6.27. The monoisotopic (exact) mass is 424 g/mol. The van der Waals surface area contributed by atoms with Crippen molar-refractivity contribution in [1.29, 1.82) is 0 Å². The Balaban J connectivity index is 1.97. The highest BCUT2D eigenvalue weighted by molar-refractivity contribution is 9.10. The van der Waals surface area contributed by atoms with Crippen molar-refractivity contribution < 1.29 is 9.57 Å². The molecular formula is C19H29BrN4O2. The van der Waals surface area contributed by atoms with Gasteiger partial charge in [0.25, 0.3) is 0 Å². The molecule has 0 radical (unpaired) electrons. The first-order valence-electron chi connectivity index (χ1n) is 9.18. The van der Waals surface area contributed by atoms with Gasteiger partial charge in [-0.15, -0.1) is 0 Å². The molecule has 1 aliphatic rings. The minimum atomic E-state index is 0.123. The van der Waals surface area contributed by atoms with Crippen molar-refractivity contribution in [1.82, 2.24) is 9.88 Å². The van der Waals surface area contributed by atoms with Crippen LogP contribution >= 0.6 is 15.9 Å². The van der Waals surface area contributed by atoms with Crippen LogP contribution in [-0.2, 0) is 4.84 Å². The van der Waals surface area contributed by atoms with E-state index in [0.717, 1.165) is 53.8 Å². The van der Waals surface area contributed by atoms with Crippen LogP contribution in [0.1, 0.15) is 52.1 Å². The summed E-state index contributed by atoms with van der Waals surface area (Å²) in [5.41, 5.74) is 2.81. The summed E-state index contributed by atoms with van der Waals surface area (Å²) in [5.74, 6) is 0.633. The highest BCUT2D eigenvalue weighted by Gasteiger charge is 2.21. The molecule has 0 unspecified atom stereocenters. The molecule has 0 N–H and O–H groups in total. The Hall–Kier alpha value is -1.63. The number of oxime groups is 1. The minimum Gasteiger partial charge on any atom is -0.474 e. The molecule has 144 valence electrons. The molecule has 0 atom stereocenters. The van der Waals surface area contributed by atoms with Gasteiger partial charge in [-0.1, -0.05) is 5.16 Å². The number of ether oxygens (including phenoxy) is 1. The molecule has 0 spiro atoms. The van der Waals surface area contributed by atoms with Crippen molar-refractivity contribution in [3.63, 3.8) is 0 Å². The van der Waals surface area contributed by atoms with E-state index < -0.39 is 0 Å². The standard InChI is InChI=1S/C19H29BrN4O2/c1-6-24(5)12-21-18-11-17(20)19(22-14(18)4)25-16-9-7-15(8-10-16)23-26-13(2)3/h11-13,16H,6-10H2,1-5H3. The molecule has 1 saturated carbocycles. The van der Waals surface area contributed by atoms with Crippen LogP contribution in [-0.4, -0.2) is 47.7 Å². The molecule has 2 rings (SSSR count). The van der Waals surface area contributed by atoms with Gasteiger partial charge in [0.1, 0.15) is 12.2 Å². The van der Waals surface area contributed by atoms with Crippen LogP contribution in [0.15, 0.2) is 20.7 Å². The van der Waals surface area contributed by atoms with E-state index in [9.17, 15) is 0 Å². The Morgan fingerprint density at radius 2 is 2.08 bits per heavy atom. The van der Waals surface area contributed by atoms with E-state index in [1.165, 1.54) is 0 Å². The van der Waals surface area contributed by atoms with Crippen molar-refractivity contribution in [2.45, 2.75) is 65.6 Å². The van der Waals surface area contributed by atoms with Crippen molar-refractivity contribution in [2.75, 3.05) is 13.6 Å². The summed E-state index contributed by atoms with van der Waals surface area (Å²) in [4.78, 5) is 16.4. The molecule has 0 amide bonds. The van der Waals surface area contributed by atoms with E-state index in [0.29, 0.717) is 5.88 Å². The van der Waals surface area contributed by atoms with Crippen LogP contribution in [0.2, 0.25) is 0 Å². The van der Waals surface area contributed by atoms with Crippen LogP contribution in [0.5, 0.6) is 5.88 Å². The lowest BCUT2D eigenvalue weighted by Crippen LogP contribution is -2.25. The predicted molar refractivity (Wildman–Crippen MR) is 110 cm³/mol. The van der Waals surface area contributed by atoms with E-state index in [2.05, 4.69) is 38.0 Å². The van der Waals surface area contributed by atoms with Crippen LogP contribution < -0.4 is 4.74 Å². The van der Waals surface area contributed by atoms with Gasteiger partial charge in [0.05, 0.1) is 27.9 Å². The molecular weight excluding hydrogens is 396 g/mol. The normalized spacial score (nSPS) is 17.7. The number of aryl methyl sites for hydroxylation is 1. The molecule has 7 heteroatoms. The average molecular weight is 425 g/mol. The first kappa shape index (κ1) is 20.7. The maximum atomic E-state index is 6.13. The average Bonchev–Trinajstić information content (AvgIpc) is 2.62. The van der Waals surface area contributed by atoms with Gasteiger partial charge in [-0.3, -0.25) is 0 Å². The molecule has 1 aromatic heterocycles. The molecule has 0 aromatic carbocycles. The van der Waals surface area contributed by atoms with Crippen LogP contribution in [0, 0.1) is 6.92 Å². The zero-order chi connectivity index (χ0) is 19.1. The third-order valence-electron chi connectivity index (χ3n) is 4.18. The largest absolute Gasteiger partial charge is 0.474 e. The lowest BCUT2D eigenvalue weighted by atomic mass is 9.96. The van der Waals surface area contributed by atoms with Gasteiger partial charge >= 0.3 is 0 Å². The first-order chi connectivity index (χ1) is 12.4. The fourth-order valence-corrected chi connectivity index (χ4v) is 2.88. The number of pyridine rings is 1. The lowest BCUT2D eigenvalue weighted by Gasteiger charge is -2.24. The maximum Gasteiger partial charge on any atom is 0.228 e. The summed E-state index contributed by atoms with van der Waals surface area (Å²) in [6.45, 7) is 8.91. The van der Waals surface area contributed by atoms with E-state index in [1.807, 2.05) is 45.1 Å². The smallest absolute Gasteiger partial charge is 0.228 e. The van der Waals surface area contributed by atoms with Gasteiger partial charge in [0.15, 0.2) is 0 Å². The Morgan fingerprint density at radius 1 is 1.38 bits per heavy atom. The fraction of sp³-hybridized carbons (Fsp3) is 0.632. The number of hydrogen-bond acceptors (Lipinski definition) is 5. The molecule has 0 aliphatic heterocycles. The van der Waals surface area contributed by atoms with Crippen LogP contribution in [0.3, 0.4) is 0 Å². The SMILES string of the molecule is CCN(C)C=Nc1cc(Br)c(OC2CCC(=NOC(C)C)CC2)nc1C. The summed E-state index contributed by atoms with van der Waals surface area (Å²) < 4.78 is 6.96. The van der Waals surface area contributed by atoms with Crippen LogP contribution in [0.4, 0.5) is 5.69 Å². The van der Waals surface area contributed by atoms with Gasteiger partial charge in [0, 0.05) is 13.6 Å². The van der Waals surface area contributed by atoms with Crippen LogP contribution in [0.25, 0.3) is 0 Å². The zero-order valence-electron chi connectivity index (χ0n) is 16.3. The molecule has 0 bridgehead atoms. The summed E-state index contributed by atoms with van der Waals surface area (Å²) in [6, 6.07) is 1.96. The zero-order valence-corrected chi connectivity index (χ0v) is 17.9. The van der Waals surface area contributed by atoms with Crippen molar-refractivity contribution >= 4 is 33.7 Å². The Kier molecular flexibility index (Phi) is 7.87. The molecule has 6 nitrogen and oxygen atoms in total. The Bertz CT molecular complexity index is 651. The molecule has 1 aromatic rings. The van der Waals surface area contributed by atoms with Gasteiger partial charge in [0.2, 0.25) is 5.88 Å². The molecule has 1 aliphatic carbocycles. The fourth-order valence-electron chi connectivity index (χ4n) is 2.48. The van der Waals surface area contributed by atoms with E-state index in [1.54, 1.807) is 0 Å². The number of halogens is 1. The van der Waals surface area contributed by atoms with Crippen molar-refractivity contribution in [3.8, 4) is 5.88 Å². The van der Waals surface area contributed by atoms with E-state index in [-0.39, 0.29) is 12.2 Å². The number of hydrogen-bond donors (Lipinski definition) is 0.